The number of rotatable bonds is 3. The molecule has 1 aromatic carbocycles. The summed E-state index contributed by atoms with van der Waals surface area (Å²) in [5, 5.41) is 0. The number of imidazole rings is 1. The van der Waals surface area contributed by atoms with E-state index in [1.54, 1.807) is 6.20 Å². The smallest absolute Gasteiger partial charge is 0.146 e. The van der Waals surface area contributed by atoms with Crippen LogP contribution in [0.15, 0.2) is 61.1 Å². The second-order valence-electron chi connectivity index (χ2n) is 7.07. The van der Waals surface area contributed by atoms with Gasteiger partial charge in [0.05, 0.1) is 17.2 Å². The van der Waals surface area contributed by atoms with Crippen LogP contribution in [0.1, 0.15) is 18.4 Å². The summed E-state index contributed by atoms with van der Waals surface area (Å²) in [7, 11) is 0. The number of fused-ring (bicyclic) bond motifs is 1. The Balaban J connectivity index is 1.64. The maximum absolute atomic E-state index is 4.88. The monoisotopic (exact) mass is 355 g/mol. The molecule has 1 aliphatic rings. The van der Waals surface area contributed by atoms with Crippen molar-refractivity contribution in [1.29, 1.82) is 0 Å². The number of hydrogen-bond acceptors (Lipinski definition) is 4. The topological polar surface area (TPSA) is 46.8 Å². The predicted octanol–water partition coefficient (Wildman–Crippen LogP) is 4.39. The van der Waals surface area contributed by atoms with Crippen molar-refractivity contribution in [2.45, 2.75) is 19.8 Å². The highest BCUT2D eigenvalue weighted by Crippen LogP contribution is 2.29. The highest BCUT2D eigenvalue weighted by atomic mass is 15.2. The lowest BCUT2D eigenvalue weighted by Crippen LogP contribution is -2.17. The van der Waals surface area contributed by atoms with Gasteiger partial charge in [-0.25, -0.2) is 9.97 Å². The maximum atomic E-state index is 4.88. The Bertz CT molecular complexity index is 1070. The van der Waals surface area contributed by atoms with Crippen molar-refractivity contribution in [3.8, 4) is 17.2 Å². The first-order chi connectivity index (χ1) is 13.3. The molecule has 0 spiro atoms. The highest BCUT2D eigenvalue weighted by molar-refractivity contribution is 5.82. The summed E-state index contributed by atoms with van der Waals surface area (Å²) in [6.07, 6.45) is 8.08. The molecule has 5 rings (SSSR count). The number of hydrogen-bond donors (Lipinski definition) is 0. The van der Waals surface area contributed by atoms with Crippen molar-refractivity contribution in [1.82, 2.24) is 19.5 Å². The van der Waals surface area contributed by atoms with Gasteiger partial charge in [-0.15, -0.1) is 0 Å². The number of nitrogens with zero attached hydrogens (tertiary/aromatic N) is 5. The van der Waals surface area contributed by atoms with Gasteiger partial charge in [0, 0.05) is 36.7 Å². The summed E-state index contributed by atoms with van der Waals surface area (Å²) < 4.78 is 2.09. The number of anilines is 1. The minimum absolute atomic E-state index is 0.856. The lowest BCUT2D eigenvalue weighted by molar-refractivity contribution is 0.949. The molecule has 5 nitrogen and oxygen atoms in total. The molecule has 4 heterocycles. The highest BCUT2D eigenvalue weighted by Gasteiger charge is 2.16. The summed E-state index contributed by atoms with van der Waals surface area (Å²) in [6, 6.07) is 14.8. The lowest BCUT2D eigenvalue weighted by Gasteiger charge is -2.17. The SMILES string of the molecule is Cc1ccc(-n2c(-c3ccc(N4CCCC4)cc3)nc3ccncc32)nc1. The average Bonchev–Trinajstić information content (AvgIpc) is 3.37. The lowest BCUT2D eigenvalue weighted by atomic mass is 10.2. The summed E-state index contributed by atoms with van der Waals surface area (Å²) in [4.78, 5) is 16.2. The van der Waals surface area contributed by atoms with Crippen LogP contribution in [0.4, 0.5) is 5.69 Å². The quantitative estimate of drug-likeness (QED) is 0.547. The van der Waals surface area contributed by atoms with E-state index in [2.05, 4.69) is 49.8 Å². The zero-order chi connectivity index (χ0) is 18.2. The van der Waals surface area contributed by atoms with E-state index in [4.69, 9.17) is 4.98 Å². The van der Waals surface area contributed by atoms with Crippen molar-refractivity contribution < 1.29 is 0 Å². The normalized spacial score (nSPS) is 14.2. The van der Waals surface area contributed by atoms with E-state index in [1.807, 2.05) is 31.5 Å². The fourth-order valence-electron chi connectivity index (χ4n) is 3.74. The van der Waals surface area contributed by atoms with Crippen LogP contribution in [0.25, 0.3) is 28.2 Å². The van der Waals surface area contributed by atoms with Gasteiger partial charge in [-0.3, -0.25) is 9.55 Å². The van der Waals surface area contributed by atoms with Crippen molar-refractivity contribution in [2.24, 2.45) is 0 Å². The molecule has 27 heavy (non-hydrogen) atoms. The predicted molar refractivity (Wildman–Crippen MR) is 108 cm³/mol. The van der Waals surface area contributed by atoms with Gasteiger partial charge in [-0.05, 0) is 61.7 Å². The van der Waals surface area contributed by atoms with Crippen molar-refractivity contribution in [3.63, 3.8) is 0 Å². The second-order valence-corrected chi connectivity index (χ2v) is 7.07. The van der Waals surface area contributed by atoms with Crippen LogP contribution >= 0.6 is 0 Å². The van der Waals surface area contributed by atoms with Gasteiger partial charge >= 0.3 is 0 Å². The van der Waals surface area contributed by atoms with Crippen molar-refractivity contribution in [3.05, 3.63) is 66.6 Å². The van der Waals surface area contributed by atoms with Crippen LogP contribution in [0, 0.1) is 6.92 Å². The Morgan fingerprint density at radius 2 is 1.70 bits per heavy atom. The third kappa shape index (κ3) is 2.85. The maximum Gasteiger partial charge on any atom is 0.146 e. The molecule has 5 heteroatoms. The molecule has 0 unspecified atom stereocenters. The summed E-state index contributed by atoms with van der Waals surface area (Å²) >= 11 is 0. The van der Waals surface area contributed by atoms with Crippen LogP contribution in [0.5, 0.6) is 0 Å². The summed E-state index contributed by atoms with van der Waals surface area (Å²) in [5.41, 5.74) is 5.39. The van der Waals surface area contributed by atoms with Gasteiger partial charge in [0.1, 0.15) is 11.6 Å². The zero-order valence-electron chi connectivity index (χ0n) is 15.3. The first-order valence-electron chi connectivity index (χ1n) is 9.40. The molecule has 4 aromatic rings. The van der Waals surface area contributed by atoms with Crippen molar-refractivity contribution in [2.75, 3.05) is 18.0 Å². The van der Waals surface area contributed by atoms with E-state index in [9.17, 15) is 0 Å². The minimum Gasteiger partial charge on any atom is -0.372 e. The van der Waals surface area contributed by atoms with Crippen LogP contribution in [0.3, 0.4) is 0 Å². The van der Waals surface area contributed by atoms with Crippen molar-refractivity contribution >= 4 is 16.7 Å². The Labute approximate surface area is 158 Å². The van der Waals surface area contributed by atoms with Crippen LogP contribution in [0.2, 0.25) is 0 Å². The van der Waals surface area contributed by atoms with Gasteiger partial charge < -0.3 is 4.90 Å². The first kappa shape index (κ1) is 16.0. The van der Waals surface area contributed by atoms with E-state index in [0.717, 1.165) is 46.9 Å². The van der Waals surface area contributed by atoms with Gasteiger partial charge in [0.2, 0.25) is 0 Å². The molecule has 0 N–H and O–H groups in total. The van der Waals surface area contributed by atoms with Crippen LogP contribution in [-0.2, 0) is 0 Å². The fourth-order valence-corrected chi connectivity index (χ4v) is 3.74. The first-order valence-corrected chi connectivity index (χ1v) is 9.40. The van der Waals surface area contributed by atoms with Crippen LogP contribution in [-0.4, -0.2) is 32.6 Å². The Kier molecular flexibility index (Phi) is 3.85. The summed E-state index contributed by atoms with van der Waals surface area (Å²) in [5.74, 6) is 1.75. The molecule has 1 fully saturated rings. The van der Waals surface area contributed by atoms with E-state index >= 15 is 0 Å². The molecule has 0 bridgehead atoms. The van der Waals surface area contributed by atoms with Crippen LogP contribution < -0.4 is 4.90 Å². The molecule has 0 atom stereocenters. The molecular formula is C22H21N5. The van der Waals surface area contributed by atoms with Gasteiger partial charge in [0.25, 0.3) is 0 Å². The van der Waals surface area contributed by atoms with E-state index in [1.165, 1.54) is 18.5 Å². The molecule has 134 valence electrons. The third-order valence-corrected chi connectivity index (χ3v) is 5.18. The molecule has 0 aliphatic carbocycles. The molecule has 1 saturated heterocycles. The largest absolute Gasteiger partial charge is 0.372 e. The van der Waals surface area contributed by atoms with E-state index < -0.39 is 0 Å². The second kappa shape index (κ2) is 6.50. The minimum atomic E-state index is 0.856. The van der Waals surface area contributed by atoms with Gasteiger partial charge in [-0.2, -0.15) is 0 Å². The number of pyridine rings is 2. The van der Waals surface area contributed by atoms with E-state index in [0.29, 0.717) is 0 Å². The Morgan fingerprint density at radius 3 is 2.44 bits per heavy atom. The molecular weight excluding hydrogens is 334 g/mol. The number of aryl methyl sites for hydroxylation is 1. The number of benzene rings is 1. The average molecular weight is 355 g/mol. The van der Waals surface area contributed by atoms with Gasteiger partial charge in [-0.1, -0.05) is 6.07 Å². The molecule has 3 aromatic heterocycles. The summed E-state index contributed by atoms with van der Waals surface area (Å²) in [6.45, 7) is 4.34. The molecule has 0 saturated carbocycles. The third-order valence-electron chi connectivity index (χ3n) is 5.18. The van der Waals surface area contributed by atoms with Gasteiger partial charge in [0.15, 0.2) is 0 Å². The number of aromatic nitrogens is 4. The molecule has 1 aliphatic heterocycles. The molecule has 0 radical (unpaired) electrons. The Morgan fingerprint density at radius 1 is 0.889 bits per heavy atom. The van der Waals surface area contributed by atoms with E-state index in [-0.39, 0.29) is 0 Å². The fraction of sp³-hybridized carbons (Fsp3) is 0.227. The Hall–Kier alpha value is -3.21. The zero-order valence-corrected chi connectivity index (χ0v) is 15.3. The molecule has 0 amide bonds. The standard InChI is InChI=1S/C22H21N5/c1-16-4-9-21(24-14-16)27-20-15-23-11-10-19(20)25-22(27)17-5-7-18(8-6-17)26-12-2-3-13-26/h4-11,14-15H,2-3,12-13H2,1H3.